The molecule has 6 aromatic rings. The summed E-state index contributed by atoms with van der Waals surface area (Å²) in [4.78, 5) is 0. The summed E-state index contributed by atoms with van der Waals surface area (Å²) in [6.45, 7) is 26.3. The van der Waals surface area contributed by atoms with Gasteiger partial charge in [0.2, 0.25) is 0 Å². The van der Waals surface area contributed by atoms with Crippen molar-refractivity contribution >= 4 is 32.3 Å². The molecule has 2 fully saturated rings. The molecule has 5 nitrogen and oxygen atoms in total. The number of benzene rings is 6. The minimum atomic E-state index is 0.229. The molecule has 292 valence electrons. The summed E-state index contributed by atoms with van der Waals surface area (Å²) in [6, 6.07) is 37.4. The molecule has 0 radical (unpaired) electrons. The Morgan fingerprint density at radius 2 is 0.741 bits per heavy atom. The van der Waals surface area contributed by atoms with E-state index in [-0.39, 0.29) is 6.10 Å². The van der Waals surface area contributed by atoms with Crippen molar-refractivity contribution in [2.75, 3.05) is 19.8 Å². The molecule has 0 saturated carbocycles. The van der Waals surface area contributed by atoms with Crippen molar-refractivity contribution in [3.63, 3.8) is 0 Å². The van der Waals surface area contributed by atoms with Gasteiger partial charge >= 0.3 is 0 Å². The average Bonchev–Trinajstić information content (AvgIpc) is 4.20. The predicted molar refractivity (Wildman–Crippen MR) is 233 cm³/mol. The minimum Gasteiger partial charge on any atom is -0.491 e. The second-order valence-electron chi connectivity index (χ2n) is 11.1. The quantitative estimate of drug-likeness (QED) is 0.131. The highest BCUT2D eigenvalue weighted by Gasteiger charge is 2.23. The van der Waals surface area contributed by atoms with Crippen molar-refractivity contribution in [2.45, 2.75) is 108 Å². The predicted octanol–water partition coefficient (Wildman–Crippen LogP) is 15.0. The highest BCUT2D eigenvalue weighted by atomic mass is 16.6. The van der Waals surface area contributed by atoms with E-state index < -0.39 is 0 Å². The Morgan fingerprint density at radius 3 is 1.13 bits per heavy atom. The molecule has 2 atom stereocenters. The van der Waals surface area contributed by atoms with Gasteiger partial charge in [-0.15, -0.1) is 0 Å². The summed E-state index contributed by atoms with van der Waals surface area (Å²) in [5.41, 5.74) is 1.33. The van der Waals surface area contributed by atoms with Gasteiger partial charge in [-0.05, 0) is 111 Å². The zero-order valence-corrected chi connectivity index (χ0v) is 35.1. The van der Waals surface area contributed by atoms with Crippen molar-refractivity contribution in [2.24, 2.45) is 0 Å². The Kier molecular flexibility index (Phi) is 21.5. The number of hydrogen-bond donors (Lipinski definition) is 0. The van der Waals surface area contributed by atoms with Gasteiger partial charge in [0.05, 0.1) is 19.3 Å². The Morgan fingerprint density at radius 1 is 0.407 bits per heavy atom. The van der Waals surface area contributed by atoms with Gasteiger partial charge in [0.25, 0.3) is 0 Å². The lowest BCUT2D eigenvalue weighted by Gasteiger charge is -2.11. The normalized spacial score (nSPS) is 14.2. The van der Waals surface area contributed by atoms with Gasteiger partial charge in [-0.2, -0.15) is 0 Å². The van der Waals surface area contributed by atoms with Crippen molar-refractivity contribution in [3.8, 4) is 28.7 Å². The van der Waals surface area contributed by atoms with Crippen molar-refractivity contribution < 1.29 is 23.7 Å². The van der Waals surface area contributed by atoms with Gasteiger partial charge in [-0.3, -0.25) is 0 Å². The number of epoxide rings is 2. The minimum absolute atomic E-state index is 0.229. The molecule has 2 unspecified atom stereocenters. The third kappa shape index (κ3) is 14.0. The molecule has 2 aliphatic heterocycles. The highest BCUT2D eigenvalue weighted by Crippen LogP contribution is 2.33. The first-order valence-electron chi connectivity index (χ1n) is 20.5. The molecule has 6 aromatic carbocycles. The van der Waals surface area contributed by atoms with Crippen LogP contribution in [0.4, 0.5) is 0 Å². The molecule has 8 rings (SSSR count). The van der Waals surface area contributed by atoms with Crippen LogP contribution in [-0.4, -0.2) is 32.0 Å². The molecule has 2 heterocycles. The Labute approximate surface area is 326 Å². The van der Waals surface area contributed by atoms with Crippen LogP contribution in [0.2, 0.25) is 0 Å². The Hall–Kier alpha value is -4.58. The zero-order chi connectivity index (χ0) is 39.9. The van der Waals surface area contributed by atoms with E-state index in [1.54, 1.807) is 0 Å². The first-order valence-corrected chi connectivity index (χ1v) is 20.5. The van der Waals surface area contributed by atoms with Gasteiger partial charge in [0.15, 0.2) is 0 Å². The van der Waals surface area contributed by atoms with Gasteiger partial charge < -0.3 is 23.7 Å². The summed E-state index contributed by atoms with van der Waals surface area (Å²) in [5, 5.41) is 6.77. The lowest BCUT2D eigenvalue weighted by atomic mass is 10.0. The molecule has 2 aliphatic rings. The average molecular weight is 735 g/mol. The molecule has 0 aromatic heterocycles. The summed E-state index contributed by atoms with van der Waals surface area (Å²) in [7, 11) is 0. The van der Waals surface area contributed by atoms with E-state index in [1.807, 2.05) is 126 Å². The number of ether oxygens (including phenoxy) is 5. The number of fused-ring (bicyclic) bond motifs is 3. The van der Waals surface area contributed by atoms with E-state index in [4.69, 9.17) is 23.7 Å². The zero-order valence-electron chi connectivity index (χ0n) is 35.1. The summed E-state index contributed by atoms with van der Waals surface area (Å²) in [6.07, 6.45) is 2.79. The molecule has 0 bridgehead atoms. The van der Waals surface area contributed by atoms with Crippen LogP contribution in [0.5, 0.6) is 28.7 Å². The molecule has 5 heteroatoms. The summed E-state index contributed by atoms with van der Waals surface area (Å²) < 4.78 is 29.1. The molecule has 0 N–H and O–H groups in total. The molecule has 0 amide bonds. The van der Waals surface area contributed by atoms with E-state index in [0.717, 1.165) is 76.3 Å². The summed E-state index contributed by atoms with van der Waals surface area (Å²) in [5.74, 6) is 3.99. The van der Waals surface area contributed by atoms with Crippen LogP contribution in [0.3, 0.4) is 0 Å². The van der Waals surface area contributed by atoms with Crippen molar-refractivity contribution in [3.05, 3.63) is 115 Å². The van der Waals surface area contributed by atoms with Gasteiger partial charge in [0.1, 0.15) is 41.5 Å². The van der Waals surface area contributed by atoms with Crippen LogP contribution < -0.4 is 14.2 Å². The van der Waals surface area contributed by atoms with E-state index in [2.05, 4.69) is 66.7 Å². The molecule has 54 heavy (non-hydrogen) atoms. The van der Waals surface area contributed by atoms with Crippen LogP contribution in [-0.2, 0) is 15.9 Å². The fourth-order valence-corrected chi connectivity index (χ4v) is 5.37. The molecular formula is C49H66O5. The van der Waals surface area contributed by atoms with E-state index in [0.29, 0.717) is 12.7 Å². The maximum absolute atomic E-state index is 6.32. The summed E-state index contributed by atoms with van der Waals surface area (Å²) >= 11 is 0. The molecular weight excluding hydrogens is 669 g/mol. The fraction of sp³-hybridized carbons (Fsp3) is 0.388. The van der Waals surface area contributed by atoms with Gasteiger partial charge in [-0.25, -0.2) is 0 Å². The standard InChI is InChI=1S/C37H30O5.6C2H6/c1-3-25-5-11-32(17-28(25)15-24(1)2-9-36-21-39-36)41-34-13-7-27-8-14-35(20-30(27)19-34)42-33-12-6-26-4-10-31(16-29(26)18-33)38-22-37-23-40-37;6*1-2/h1,3-8,10-20,36-37H,2,9,21-23H2;6*1-2H3. The van der Waals surface area contributed by atoms with E-state index in [9.17, 15) is 0 Å². The van der Waals surface area contributed by atoms with Gasteiger partial charge in [0, 0.05) is 0 Å². The maximum Gasteiger partial charge on any atom is 0.128 e. The fourth-order valence-electron chi connectivity index (χ4n) is 5.37. The first-order chi connectivity index (χ1) is 26.7. The number of rotatable bonds is 10. The second-order valence-corrected chi connectivity index (χ2v) is 11.1. The topological polar surface area (TPSA) is 52.8 Å². The van der Waals surface area contributed by atoms with Crippen LogP contribution in [0.25, 0.3) is 32.3 Å². The monoisotopic (exact) mass is 734 g/mol. The van der Waals surface area contributed by atoms with E-state index >= 15 is 0 Å². The van der Waals surface area contributed by atoms with Gasteiger partial charge in [-0.1, -0.05) is 132 Å². The third-order valence-corrected chi connectivity index (χ3v) is 7.91. The number of hydrogen-bond acceptors (Lipinski definition) is 5. The third-order valence-electron chi connectivity index (χ3n) is 7.91. The van der Waals surface area contributed by atoms with Crippen LogP contribution >= 0.6 is 0 Å². The van der Waals surface area contributed by atoms with Crippen LogP contribution in [0.1, 0.15) is 95.1 Å². The first kappa shape index (κ1) is 45.6. The molecule has 2 saturated heterocycles. The molecule has 0 spiro atoms. The second kappa shape index (κ2) is 25.4. The Bertz CT molecular complexity index is 1790. The van der Waals surface area contributed by atoms with Crippen LogP contribution in [0.15, 0.2) is 109 Å². The SMILES string of the molecule is CC.CC.CC.CC.CC.CC.c1cc2ccc(Oc3ccc4ccc(Oc5ccc6ccc(OCC7CO7)cc6c5)cc4c3)cc2cc1CCC1CO1. The highest BCUT2D eigenvalue weighted by molar-refractivity contribution is 5.87. The lowest BCUT2D eigenvalue weighted by Crippen LogP contribution is -2.03. The largest absolute Gasteiger partial charge is 0.491 e. The van der Waals surface area contributed by atoms with Crippen molar-refractivity contribution in [1.82, 2.24) is 0 Å². The maximum atomic E-state index is 6.32. The lowest BCUT2D eigenvalue weighted by molar-refractivity contribution is 0.263. The Balaban J connectivity index is 0.000000770. The number of aryl methyl sites for hydroxylation is 1. The van der Waals surface area contributed by atoms with Crippen LogP contribution in [0, 0.1) is 0 Å². The molecule has 0 aliphatic carbocycles. The smallest absolute Gasteiger partial charge is 0.128 e. The van der Waals surface area contributed by atoms with E-state index in [1.165, 1.54) is 16.3 Å². The van der Waals surface area contributed by atoms with Crippen molar-refractivity contribution in [1.29, 1.82) is 0 Å².